The molecular weight excluding hydrogens is 338 g/mol. The topological polar surface area (TPSA) is 69.4 Å². The van der Waals surface area contributed by atoms with Gasteiger partial charge in [0.05, 0.1) is 16.1 Å². The monoisotopic (exact) mass is 345 g/mol. The summed E-state index contributed by atoms with van der Waals surface area (Å²) in [7, 11) is 0. The molecule has 0 aliphatic carbocycles. The van der Waals surface area contributed by atoms with Crippen LogP contribution in [0, 0.1) is 10.1 Å². The van der Waals surface area contributed by atoms with Gasteiger partial charge in [0.15, 0.2) is 5.76 Å². The van der Waals surface area contributed by atoms with E-state index < -0.39 is 4.92 Å². The standard InChI is InChI=1S/C15H8BrNO4/c16-10-5-6-13-11(8-10)15(18)14(21-13)7-9-3-1-2-4-12(9)17(19)20/h1-8H/b14-7-. The molecule has 0 saturated heterocycles. The SMILES string of the molecule is O=C1/C(=C/c2ccccc2[N+](=O)[O-])Oc2ccc(Br)cc21. The summed E-state index contributed by atoms with van der Waals surface area (Å²) in [5, 5.41) is 11.0. The van der Waals surface area contributed by atoms with Crippen LogP contribution in [0.15, 0.2) is 52.7 Å². The van der Waals surface area contributed by atoms with Crippen molar-refractivity contribution in [2.24, 2.45) is 0 Å². The summed E-state index contributed by atoms with van der Waals surface area (Å²) in [5.41, 5.74) is 0.700. The summed E-state index contributed by atoms with van der Waals surface area (Å²) in [6, 6.07) is 11.3. The Balaban J connectivity index is 2.04. The maximum atomic E-state index is 12.3. The van der Waals surface area contributed by atoms with Crippen molar-refractivity contribution >= 4 is 33.5 Å². The van der Waals surface area contributed by atoms with Crippen molar-refractivity contribution in [2.45, 2.75) is 0 Å². The van der Waals surface area contributed by atoms with E-state index in [9.17, 15) is 14.9 Å². The van der Waals surface area contributed by atoms with Gasteiger partial charge in [-0.1, -0.05) is 28.1 Å². The lowest BCUT2D eigenvalue weighted by Crippen LogP contribution is -1.99. The molecule has 0 spiro atoms. The zero-order valence-electron chi connectivity index (χ0n) is 10.6. The average Bonchev–Trinajstić information content (AvgIpc) is 2.76. The Morgan fingerprint density at radius 2 is 1.95 bits per heavy atom. The third-order valence-electron chi connectivity index (χ3n) is 3.05. The average molecular weight is 346 g/mol. The Hall–Kier alpha value is -2.47. The molecule has 0 unspecified atom stereocenters. The first-order valence-electron chi connectivity index (χ1n) is 6.03. The lowest BCUT2D eigenvalue weighted by atomic mass is 10.1. The number of nitrogens with zero attached hydrogens (tertiary/aromatic N) is 1. The molecule has 1 aliphatic heterocycles. The molecule has 0 bridgehead atoms. The molecule has 0 N–H and O–H groups in total. The fraction of sp³-hybridized carbons (Fsp3) is 0. The van der Waals surface area contributed by atoms with Gasteiger partial charge < -0.3 is 4.74 Å². The molecule has 0 saturated carbocycles. The fourth-order valence-electron chi connectivity index (χ4n) is 2.08. The van der Waals surface area contributed by atoms with E-state index in [1.54, 1.807) is 36.4 Å². The molecule has 0 atom stereocenters. The van der Waals surface area contributed by atoms with Crippen LogP contribution >= 0.6 is 15.9 Å². The maximum absolute atomic E-state index is 12.3. The number of rotatable bonds is 2. The highest BCUT2D eigenvalue weighted by Gasteiger charge is 2.28. The molecule has 2 aromatic rings. The molecular formula is C15H8BrNO4. The lowest BCUT2D eigenvalue weighted by molar-refractivity contribution is -0.385. The molecule has 3 rings (SSSR count). The molecule has 104 valence electrons. The van der Waals surface area contributed by atoms with E-state index in [0.717, 1.165) is 4.47 Å². The molecule has 0 amide bonds. The number of ether oxygens (including phenoxy) is 1. The summed E-state index contributed by atoms with van der Waals surface area (Å²) in [4.78, 5) is 22.7. The second-order valence-electron chi connectivity index (χ2n) is 4.40. The Bertz CT molecular complexity index is 798. The molecule has 1 heterocycles. The van der Waals surface area contributed by atoms with E-state index in [1.165, 1.54) is 12.1 Å². The minimum absolute atomic E-state index is 0.0708. The largest absolute Gasteiger partial charge is 0.452 e. The summed E-state index contributed by atoms with van der Waals surface area (Å²) in [6.07, 6.45) is 1.40. The summed E-state index contributed by atoms with van der Waals surface area (Å²) in [5.74, 6) is 0.245. The number of hydrogen-bond donors (Lipinski definition) is 0. The van der Waals surface area contributed by atoms with E-state index in [0.29, 0.717) is 16.9 Å². The first-order valence-corrected chi connectivity index (χ1v) is 6.83. The number of Topliss-reactive ketones (excluding diaryl/α,β-unsaturated/α-hetero) is 1. The number of fused-ring (bicyclic) bond motifs is 1. The number of ketones is 1. The van der Waals surface area contributed by atoms with Crippen LogP contribution in [0.5, 0.6) is 5.75 Å². The van der Waals surface area contributed by atoms with Crippen molar-refractivity contribution in [3.05, 3.63) is 73.9 Å². The molecule has 0 aromatic heterocycles. The fourth-order valence-corrected chi connectivity index (χ4v) is 2.44. The van der Waals surface area contributed by atoms with Crippen LogP contribution < -0.4 is 4.74 Å². The number of benzene rings is 2. The van der Waals surface area contributed by atoms with Crippen LogP contribution in [-0.4, -0.2) is 10.7 Å². The van der Waals surface area contributed by atoms with Gasteiger partial charge in [-0.05, 0) is 30.3 Å². The van der Waals surface area contributed by atoms with Crippen LogP contribution in [0.2, 0.25) is 0 Å². The Morgan fingerprint density at radius 3 is 2.71 bits per heavy atom. The van der Waals surface area contributed by atoms with Crippen molar-refractivity contribution in [3.63, 3.8) is 0 Å². The molecule has 0 fully saturated rings. The van der Waals surface area contributed by atoms with Gasteiger partial charge in [-0.2, -0.15) is 0 Å². The van der Waals surface area contributed by atoms with Gasteiger partial charge in [-0.3, -0.25) is 14.9 Å². The number of para-hydroxylation sites is 1. The summed E-state index contributed by atoms with van der Waals surface area (Å²) < 4.78 is 6.25. The van der Waals surface area contributed by atoms with Crippen molar-refractivity contribution in [1.29, 1.82) is 0 Å². The molecule has 5 nitrogen and oxygen atoms in total. The third-order valence-corrected chi connectivity index (χ3v) is 3.54. The Morgan fingerprint density at radius 1 is 1.19 bits per heavy atom. The van der Waals surface area contributed by atoms with Crippen LogP contribution in [0.25, 0.3) is 6.08 Å². The minimum atomic E-state index is -0.491. The number of nitro groups is 1. The highest BCUT2D eigenvalue weighted by atomic mass is 79.9. The molecule has 0 radical (unpaired) electrons. The number of halogens is 1. The second kappa shape index (κ2) is 5.14. The zero-order chi connectivity index (χ0) is 15.0. The second-order valence-corrected chi connectivity index (χ2v) is 5.31. The van der Waals surface area contributed by atoms with E-state index in [-0.39, 0.29) is 17.2 Å². The predicted molar refractivity (Wildman–Crippen MR) is 80.2 cm³/mol. The number of carbonyl (C=O) groups is 1. The first-order chi connectivity index (χ1) is 10.1. The van der Waals surface area contributed by atoms with Crippen LogP contribution in [-0.2, 0) is 0 Å². The Kier molecular flexibility index (Phi) is 3.31. The summed E-state index contributed by atoms with van der Waals surface area (Å²) >= 11 is 3.29. The number of nitro benzene ring substituents is 1. The predicted octanol–water partition coefficient (Wildman–Crippen LogP) is 3.97. The van der Waals surface area contributed by atoms with Crippen LogP contribution in [0.1, 0.15) is 15.9 Å². The van der Waals surface area contributed by atoms with Gasteiger partial charge in [0.2, 0.25) is 5.78 Å². The van der Waals surface area contributed by atoms with Gasteiger partial charge in [0.25, 0.3) is 5.69 Å². The molecule has 6 heteroatoms. The number of allylic oxidation sites excluding steroid dienone is 1. The smallest absolute Gasteiger partial charge is 0.276 e. The van der Waals surface area contributed by atoms with Gasteiger partial charge in [0, 0.05) is 10.5 Å². The van der Waals surface area contributed by atoms with E-state index in [1.807, 2.05) is 0 Å². The van der Waals surface area contributed by atoms with Gasteiger partial charge in [-0.25, -0.2) is 0 Å². The maximum Gasteiger partial charge on any atom is 0.276 e. The highest BCUT2D eigenvalue weighted by molar-refractivity contribution is 9.10. The number of hydrogen-bond acceptors (Lipinski definition) is 4. The third kappa shape index (κ3) is 2.45. The quantitative estimate of drug-likeness (QED) is 0.469. The van der Waals surface area contributed by atoms with Crippen LogP contribution in [0.4, 0.5) is 5.69 Å². The molecule has 21 heavy (non-hydrogen) atoms. The van der Waals surface area contributed by atoms with Crippen molar-refractivity contribution < 1.29 is 14.5 Å². The van der Waals surface area contributed by atoms with Gasteiger partial charge >= 0.3 is 0 Å². The van der Waals surface area contributed by atoms with Crippen molar-refractivity contribution in [3.8, 4) is 5.75 Å². The molecule has 1 aliphatic rings. The Labute approximate surface area is 128 Å². The van der Waals surface area contributed by atoms with Crippen LogP contribution in [0.3, 0.4) is 0 Å². The molecule has 2 aromatic carbocycles. The zero-order valence-corrected chi connectivity index (χ0v) is 12.2. The lowest BCUT2D eigenvalue weighted by Gasteiger charge is -1.99. The van der Waals surface area contributed by atoms with E-state index >= 15 is 0 Å². The van der Waals surface area contributed by atoms with Gasteiger partial charge in [0.1, 0.15) is 5.75 Å². The highest BCUT2D eigenvalue weighted by Crippen LogP contribution is 2.34. The van der Waals surface area contributed by atoms with E-state index in [2.05, 4.69) is 15.9 Å². The normalized spacial score (nSPS) is 14.9. The summed E-state index contributed by atoms with van der Waals surface area (Å²) in [6.45, 7) is 0. The number of carbonyl (C=O) groups excluding carboxylic acids is 1. The van der Waals surface area contributed by atoms with Gasteiger partial charge in [-0.15, -0.1) is 0 Å². The van der Waals surface area contributed by atoms with Crippen molar-refractivity contribution in [1.82, 2.24) is 0 Å². The van der Waals surface area contributed by atoms with E-state index in [4.69, 9.17) is 4.74 Å². The van der Waals surface area contributed by atoms with Crippen molar-refractivity contribution in [2.75, 3.05) is 0 Å². The first kappa shape index (κ1) is 13.5. The minimum Gasteiger partial charge on any atom is -0.452 e.